The van der Waals surface area contributed by atoms with Gasteiger partial charge in [0.15, 0.2) is 0 Å². The van der Waals surface area contributed by atoms with Gasteiger partial charge in [0.25, 0.3) is 0 Å². The molecule has 0 saturated carbocycles. The highest BCUT2D eigenvalue weighted by Gasteiger charge is 2.39. The third-order valence-corrected chi connectivity index (χ3v) is 3.35. The summed E-state index contributed by atoms with van der Waals surface area (Å²) >= 11 is 0. The van der Waals surface area contributed by atoms with Crippen molar-refractivity contribution in [2.45, 2.75) is 58.2 Å². The molecule has 0 bridgehead atoms. The number of nitrogens with zero attached hydrogens (tertiary/aromatic N) is 1. The van der Waals surface area contributed by atoms with E-state index in [0.717, 1.165) is 13.0 Å². The zero-order valence-electron chi connectivity index (χ0n) is 9.47. The van der Waals surface area contributed by atoms with E-state index in [-0.39, 0.29) is 5.72 Å². The lowest BCUT2D eigenvalue weighted by molar-refractivity contribution is -0.0659. The van der Waals surface area contributed by atoms with Gasteiger partial charge in [0.2, 0.25) is 0 Å². The first-order chi connectivity index (χ1) is 6.14. The lowest BCUT2D eigenvalue weighted by Gasteiger charge is -2.33. The second kappa shape index (κ2) is 4.43. The Morgan fingerprint density at radius 2 is 2.15 bits per heavy atom. The van der Waals surface area contributed by atoms with Gasteiger partial charge in [-0.15, -0.1) is 0 Å². The molecule has 1 fully saturated rings. The third-order valence-electron chi connectivity index (χ3n) is 3.35. The lowest BCUT2D eigenvalue weighted by atomic mass is 10.1. The smallest absolute Gasteiger partial charge is 0.119 e. The van der Waals surface area contributed by atoms with Crippen LogP contribution in [0.25, 0.3) is 0 Å². The standard InChI is InChI=1S/C11H23NO/c1-5-7-8-11(3)12(4)10(6-2)9-13-11/h10H,5-9H2,1-4H3. The van der Waals surface area contributed by atoms with Crippen molar-refractivity contribution in [1.82, 2.24) is 4.90 Å². The van der Waals surface area contributed by atoms with E-state index in [9.17, 15) is 0 Å². The van der Waals surface area contributed by atoms with Crippen molar-refractivity contribution < 1.29 is 4.74 Å². The van der Waals surface area contributed by atoms with E-state index >= 15 is 0 Å². The summed E-state index contributed by atoms with van der Waals surface area (Å²) in [5, 5.41) is 0. The zero-order chi connectivity index (χ0) is 9.90. The molecule has 0 aromatic carbocycles. The Balaban J connectivity index is 2.49. The first kappa shape index (κ1) is 11.0. The molecule has 2 unspecified atom stereocenters. The van der Waals surface area contributed by atoms with Crippen molar-refractivity contribution in [1.29, 1.82) is 0 Å². The maximum atomic E-state index is 5.88. The summed E-state index contributed by atoms with van der Waals surface area (Å²) in [5.41, 5.74) is 0.0106. The van der Waals surface area contributed by atoms with E-state index < -0.39 is 0 Å². The predicted octanol–water partition coefficient (Wildman–Crippen LogP) is 2.63. The molecule has 0 aliphatic carbocycles. The van der Waals surface area contributed by atoms with Crippen molar-refractivity contribution in [3.63, 3.8) is 0 Å². The first-order valence-electron chi connectivity index (χ1n) is 5.51. The molecular formula is C11H23NO. The number of hydrogen-bond donors (Lipinski definition) is 0. The molecule has 1 aliphatic heterocycles. The summed E-state index contributed by atoms with van der Waals surface area (Å²) in [6.45, 7) is 7.59. The molecule has 1 saturated heterocycles. The van der Waals surface area contributed by atoms with E-state index in [1.807, 2.05) is 0 Å². The fourth-order valence-electron chi connectivity index (χ4n) is 2.02. The molecule has 0 spiro atoms. The van der Waals surface area contributed by atoms with Crippen molar-refractivity contribution in [2.24, 2.45) is 0 Å². The third kappa shape index (κ3) is 2.23. The SMILES string of the molecule is CCCCC1(C)OCC(CC)N1C. The van der Waals surface area contributed by atoms with Crippen LogP contribution in [0.4, 0.5) is 0 Å². The average Bonchev–Trinajstić information content (AvgIpc) is 2.41. The van der Waals surface area contributed by atoms with Gasteiger partial charge in [0.05, 0.1) is 6.61 Å². The van der Waals surface area contributed by atoms with Gasteiger partial charge in [-0.25, -0.2) is 0 Å². The fourth-order valence-corrected chi connectivity index (χ4v) is 2.02. The summed E-state index contributed by atoms with van der Waals surface area (Å²) in [4.78, 5) is 2.41. The minimum absolute atomic E-state index is 0.0106. The minimum Gasteiger partial charge on any atom is -0.359 e. The van der Waals surface area contributed by atoms with Gasteiger partial charge in [-0.2, -0.15) is 0 Å². The zero-order valence-corrected chi connectivity index (χ0v) is 9.47. The summed E-state index contributed by atoms with van der Waals surface area (Å²) in [7, 11) is 2.19. The van der Waals surface area contributed by atoms with Crippen molar-refractivity contribution in [3.8, 4) is 0 Å². The Kier molecular flexibility index (Phi) is 3.74. The first-order valence-corrected chi connectivity index (χ1v) is 5.51. The van der Waals surface area contributed by atoms with Crippen LogP contribution < -0.4 is 0 Å². The van der Waals surface area contributed by atoms with E-state index in [2.05, 4.69) is 32.7 Å². The molecule has 1 heterocycles. The maximum absolute atomic E-state index is 5.88. The van der Waals surface area contributed by atoms with Gasteiger partial charge in [-0.1, -0.05) is 20.3 Å². The molecule has 0 amide bonds. The van der Waals surface area contributed by atoms with E-state index in [1.165, 1.54) is 19.3 Å². The normalized spacial score (nSPS) is 35.5. The van der Waals surface area contributed by atoms with Crippen molar-refractivity contribution in [2.75, 3.05) is 13.7 Å². The van der Waals surface area contributed by atoms with Crippen LogP contribution in [-0.2, 0) is 4.74 Å². The summed E-state index contributed by atoms with van der Waals surface area (Å²) in [6.07, 6.45) is 4.87. The second-order valence-corrected chi connectivity index (χ2v) is 4.26. The van der Waals surface area contributed by atoms with Gasteiger partial charge in [-0.05, 0) is 33.2 Å². The lowest BCUT2D eigenvalue weighted by Crippen LogP contribution is -2.42. The van der Waals surface area contributed by atoms with Crippen LogP contribution in [0.2, 0.25) is 0 Å². The molecule has 0 radical (unpaired) electrons. The molecule has 0 aromatic heterocycles. The van der Waals surface area contributed by atoms with E-state index in [0.29, 0.717) is 6.04 Å². The molecule has 2 nitrogen and oxygen atoms in total. The number of hydrogen-bond acceptors (Lipinski definition) is 2. The number of rotatable bonds is 4. The van der Waals surface area contributed by atoms with Gasteiger partial charge in [0, 0.05) is 6.04 Å². The molecular weight excluding hydrogens is 162 g/mol. The molecule has 1 aliphatic rings. The highest BCUT2D eigenvalue weighted by atomic mass is 16.5. The Morgan fingerprint density at radius 1 is 1.46 bits per heavy atom. The highest BCUT2D eigenvalue weighted by molar-refractivity contribution is 4.86. The average molecular weight is 185 g/mol. The summed E-state index contributed by atoms with van der Waals surface area (Å²) < 4.78 is 5.88. The van der Waals surface area contributed by atoms with Crippen LogP contribution in [-0.4, -0.2) is 30.3 Å². The molecule has 0 aromatic rings. The topological polar surface area (TPSA) is 12.5 Å². The van der Waals surface area contributed by atoms with Crippen molar-refractivity contribution in [3.05, 3.63) is 0 Å². The van der Waals surface area contributed by atoms with Gasteiger partial charge in [0.1, 0.15) is 5.72 Å². The van der Waals surface area contributed by atoms with Crippen LogP contribution in [0.1, 0.15) is 46.5 Å². The minimum atomic E-state index is 0.0106. The fraction of sp³-hybridized carbons (Fsp3) is 1.00. The molecule has 78 valence electrons. The molecule has 0 N–H and O–H groups in total. The summed E-state index contributed by atoms with van der Waals surface area (Å²) in [5.74, 6) is 0. The van der Waals surface area contributed by atoms with Crippen LogP contribution in [0, 0.1) is 0 Å². The quantitative estimate of drug-likeness (QED) is 0.667. The van der Waals surface area contributed by atoms with Crippen LogP contribution in [0.3, 0.4) is 0 Å². The summed E-state index contributed by atoms with van der Waals surface area (Å²) in [6, 6.07) is 0.627. The molecule has 2 atom stereocenters. The second-order valence-electron chi connectivity index (χ2n) is 4.26. The van der Waals surface area contributed by atoms with Gasteiger partial charge >= 0.3 is 0 Å². The number of likely N-dealkylation sites (N-methyl/N-ethyl adjacent to an activating group) is 1. The van der Waals surface area contributed by atoms with Crippen LogP contribution in [0.5, 0.6) is 0 Å². The maximum Gasteiger partial charge on any atom is 0.119 e. The predicted molar refractivity (Wildman–Crippen MR) is 55.7 cm³/mol. The number of unbranched alkanes of at least 4 members (excludes halogenated alkanes) is 1. The Bertz CT molecular complexity index is 160. The van der Waals surface area contributed by atoms with E-state index in [1.54, 1.807) is 0 Å². The number of ether oxygens (including phenoxy) is 1. The molecule has 2 heteroatoms. The van der Waals surface area contributed by atoms with Crippen LogP contribution in [0.15, 0.2) is 0 Å². The van der Waals surface area contributed by atoms with Gasteiger partial charge in [-0.3, -0.25) is 4.90 Å². The largest absolute Gasteiger partial charge is 0.359 e. The van der Waals surface area contributed by atoms with Gasteiger partial charge < -0.3 is 4.74 Å². The van der Waals surface area contributed by atoms with Crippen molar-refractivity contribution >= 4 is 0 Å². The highest BCUT2D eigenvalue weighted by Crippen LogP contribution is 2.31. The Hall–Kier alpha value is -0.0800. The monoisotopic (exact) mass is 185 g/mol. The molecule has 13 heavy (non-hydrogen) atoms. The Morgan fingerprint density at radius 3 is 2.62 bits per heavy atom. The Labute approximate surface area is 82.3 Å². The van der Waals surface area contributed by atoms with E-state index in [4.69, 9.17) is 4.74 Å². The van der Waals surface area contributed by atoms with Crippen LogP contribution >= 0.6 is 0 Å². The molecule has 1 rings (SSSR count).